The van der Waals surface area contributed by atoms with Gasteiger partial charge < -0.3 is 5.32 Å². The predicted molar refractivity (Wildman–Crippen MR) is 69.9 cm³/mol. The van der Waals surface area contributed by atoms with Crippen molar-refractivity contribution in [3.05, 3.63) is 29.3 Å². The highest BCUT2D eigenvalue weighted by atomic mass is 32.2. The second kappa shape index (κ2) is 5.27. The lowest BCUT2D eigenvalue weighted by Gasteiger charge is -2.24. The molecule has 1 N–H and O–H groups in total. The average Bonchev–Trinajstić information content (AvgIpc) is 2.33. The van der Waals surface area contributed by atoms with Gasteiger partial charge in [0.25, 0.3) is 0 Å². The number of aryl methyl sites for hydroxylation is 1. The van der Waals surface area contributed by atoms with Gasteiger partial charge in [-0.2, -0.15) is 17.0 Å². The van der Waals surface area contributed by atoms with E-state index < -0.39 is 0 Å². The van der Waals surface area contributed by atoms with Crippen molar-refractivity contribution in [2.75, 3.05) is 16.8 Å². The van der Waals surface area contributed by atoms with Crippen molar-refractivity contribution in [1.29, 1.82) is 5.26 Å². The summed E-state index contributed by atoms with van der Waals surface area (Å²) in [6, 6.07) is 8.80. The summed E-state index contributed by atoms with van der Waals surface area (Å²) in [6.45, 7) is 2.01. The highest BCUT2D eigenvalue weighted by molar-refractivity contribution is 7.99. The Morgan fingerprint density at radius 2 is 2.38 bits per heavy atom. The van der Waals surface area contributed by atoms with E-state index in [0.29, 0.717) is 6.04 Å². The van der Waals surface area contributed by atoms with Crippen LogP contribution in [0.3, 0.4) is 0 Å². The van der Waals surface area contributed by atoms with Gasteiger partial charge in [-0.25, -0.2) is 0 Å². The lowest BCUT2D eigenvalue weighted by molar-refractivity contribution is 0.685. The zero-order valence-corrected chi connectivity index (χ0v) is 10.3. The molecule has 1 aromatic carbocycles. The Kier molecular flexibility index (Phi) is 3.74. The number of thioether (sulfide) groups is 1. The second-order valence-electron chi connectivity index (χ2n) is 4.22. The minimum absolute atomic E-state index is 0.522. The summed E-state index contributed by atoms with van der Waals surface area (Å²) in [4.78, 5) is 0. The summed E-state index contributed by atoms with van der Waals surface area (Å²) in [5, 5.41) is 12.6. The summed E-state index contributed by atoms with van der Waals surface area (Å²) in [6.07, 6.45) is 2.49. The standard InChI is InChI=1S/C13H16N2S/c1-10-4-5-13(11(7-10)8-14)15-12-3-2-6-16-9-12/h4-5,7,12,15H,2-3,6,9H2,1H3. The SMILES string of the molecule is Cc1ccc(NC2CCCSC2)c(C#N)c1. The molecule has 1 aliphatic rings. The fraction of sp³-hybridized carbons (Fsp3) is 0.462. The molecule has 2 rings (SSSR count). The fourth-order valence-electron chi connectivity index (χ4n) is 1.95. The predicted octanol–water partition coefficient (Wildman–Crippen LogP) is 3.17. The number of benzene rings is 1. The first-order valence-corrected chi connectivity index (χ1v) is 6.80. The van der Waals surface area contributed by atoms with E-state index in [4.69, 9.17) is 5.26 Å². The fourth-order valence-corrected chi connectivity index (χ4v) is 3.02. The molecule has 2 nitrogen and oxygen atoms in total. The molecule has 0 radical (unpaired) electrons. The summed E-state index contributed by atoms with van der Waals surface area (Å²) in [7, 11) is 0. The third kappa shape index (κ3) is 2.70. The molecule has 16 heavy (non-hydrogen) atoms. The van der Waals surface area contributed by atoms with Crippen molar-refractivity contribution in [3.8, 4) is 6.07 Å². The van der Waals surface area contributed by atoms with Crippen molar-refractivity contribution in [2.24, 2.45) is 0 Å². The van der Waals surface area contributed by atoms with Crippen molar-refractivity contribution >= 4 is 17.4 Å². The molecule has 1 atom stereocenters. The number of hydrogen-bond acceptors (Lipinski definition) is 3. The topological polar surface area (TPSA) is 35.8 Å². The van der Waals surface area contributed by atoms with Crippen LogP contribution < -0.4 is 5.32 Å². The van der Waals surface area contributed by atoms with E-state index in [1.807, 2.05) is 30.8 Å². The minimum Gasteiger partial charge on any atom is -0.380 e. The van der Waals surface area contributed by atoms with Crippen LogP contribution in [0.4, 0.5) is 5.69 Å². The van der Waals surface area contributed by atoms with Gasteiger partial charge in [0, 0.05) is 11.8 Å². The maximum absolute atomic E-state index is 9.08. The van der Waals surface area contributed by atoms with Gasteiger partial charge in [0.1, 0.15) is 6.07 Å². The van der Waals surface area contributed by atoms with Crippen LogP contribution in [0.25, 0.3) is 0 Å². The molecule has 3 heteroatoms. The zero-order valence-electron chi connectivity index (χ0n) is 9.49. The molecule has 0 amide bonds. The maximum Gasteiger partial charge on any atom is 0.101 e. The molecule has 84 valence electrons. The van der Waals surface area contributed by atoms with Gasteiger partial charge in [-0.15, -0.1) is 0 Å². The Balaban J connectivity index is 2.11. The van der Waals surface area contributed by atoms with Gasteiger partial charge in [0.2, 0.25) is 0 Å². The smallest absolute Gasteiger partial charge is 0.101 e. The Morgan fingerprint density at radius 3 is 3.06 bits per heavy atom. The molecule has 1 aromatic rings. The molecule has 1 fully saturated rings. The maximum atomic E-state index is 9.08. The van der Waals surface area contributed by atoms with Gasteiger partial charge in [0.15, 0.2) is 0 Å². The van der Waals surface area contributed by atoms with E-state index in [-0.39, 0.29) is 0 Å². The van der Waals surface area contributed by atoms with Crippen molar-refractivity contribution in [2.45, 2.75) is 25.8 Å². The monoisotopic (exact) mass is 232 g/mol. The van der Waals surface area contributed by atoms with Crippen LogP contribution >= 0.6 is 11.8 Å². The van der Waals surface area contributed by atoms with Crippen LogP contribution in [-0.4, -0.2) is 17.5 Å². The molecular weight excluding hydrogens is 216 g/mol. The van der Waals surface area contributed by atoms with Crippen LogP contribution in [0.5, 0.6) is 0 Å². The molecule has 1 saturated heterocycles. The lowest BCUT2D eigenvalue weighted by Crippen LogP contribution is -2.26. The van der Waals surface area contributed by atoms with Crippen LogP contribution in [0.15, 0.2) is 18.2 Å². The summed E-state index contributed by atoms with van der Waals surface area (Å²) in [5.74, 6) is 2.43. The van der Waals surface area contributed by atoms with Gasteiger partial charge in [-0.05, 0) is 43.2 Å². The molecule has 0 aliphatic carbocycles. The lowest BCUT2D eigenvalue weighted by atomic mass is 10.1. The number of anilines is 1. The molecule has 1 unspecified atom stereocenters. The number of rotatable bonds is 2. The highest BCUT2D eigenvalue weighted by Crippen LogP contribution is 2.23. The third-order valence-electron chi connectivity index (χ3n) is 2.82. The van der Waals surface area contributed by atoms with Crippen LogP contribution in [0, 0.1) is 18.3 Å². The summed E-state index contributed by atoms with van der Waals surface area (Å²) in [5.41, 5.74) is 2.89. The third-order valence-corrected chi connectivity index (χ3v) is 4.03. The van der Waals surface area contributed by atoms with Gasteiger partial charge >= 0.3 is 0 Å². The Morgan fingerprint density at radius 1 is 1.50 bits per heavy atom. The average molecular weight is 232 g/mol. The largest absolute Gasteiger partial charge is 0.380 e. The number of nitrogens with zero attached hydrogens (tertiary/aromatic N) is 1. The molecule has 1 heterocycles. The first kappa shape index (κ1) is 11.3. The van der Waals surface area contributed by atoms with E-state index in [1.54, 1.807) is 0 Å². The normalized spacial score (nSPS) is 20.1. The van der Waals surface area contributed by atoms with Crippen molar-refractivity contribution in [1.82, 2.24) is 0 Å². The molecule has 0 aromatic heterocycles. The Bertz CT molecular complexity index is 403. The van der Waals surface area contributed by atoms with Crippen LogP contribution in [-0.2, 0) is 0 Å². The molecule has 1 aliphatic heterocycles. The number of hydrogen-bond donors (Lipinski definition) is 1. The van der Waals surface area contributed by atoms with Gasteiger partial charge in [0.05, 0.1) is 11.3 Å². The van der Waals surface area contributed by atoms with E-state index in [1.165, 1.54) is 18.6 Å². The molecule has 0 spiro atoms. The number of nitrogens with one attached hydrogen (secondary N) is 1. The van der Waals surface area contributed by atoms with Crippen molar-refractivity contribution in [3.63, 3.8) is 0 Å². The Hall–Kier alpha value is -1.14. The summed E-state index contributed by atoms with van der Waals surface area (Å²) < 4.78 is 0. The van der Waals surface area contributed by atoms with E-state index in [0.717, 1.165) is 22.6 Å². The molecule has 0 bridgehead atoms. The van der Waals surface area contributed by atoms with Crippen LogP contribution in [0.1, 0.15) is 24.0 Å². The zero-order chi connectivity index (χ0) is 11.4. The second-order valence-corrected chi connectivity index (χ2v) is 5.37. The molecule has 0 saturated carbocycles. The van der Waals surface area contributed by atoms with E-state index in [2.05, 4.69) is 17.5 Å². The Labute approximate surface area is 101 Å². The highest BCUT2D eigenvalue weighted by Gasteiger charge is 2.14. The van der Waals surface area contributed by atoms with Gasteiger partial charge in [-0.3, -0.25) is 0 Å². The van der Waals surface area contributed by atoms with Gasteiger partial charge in [-0.1, -0.05) is 6.07 Å². The number of nitriles is 1. The first-order chi connectivity index (χ1) is 7.79. The van der Waals surface area contributed by atoms with E-state index in [9.17, 15) is 0 Å². The van der Waals surface area contributed by atoms with Crippen molar-refractivity contribution < 1.29 is 0 Å². The quantitative estimate of drug-likeness (QED) is 0.850. The van der Waals surface area contributed by atoms with E-state index >= 15 is 0 Å². The first-order valence-electron chi connectivity index (χ1n) is 5.64. The minimum atomic E-state index is 0.522. The molecular formula is C13H16N2S. The summed E-state index contributed by atoms with van der Waals surface area (Å²) >= 11 is 1.99. The van der Waals surface area contributed by atoms with Crippen LogP contribution in [0.2, 0.25) is 0 Å².